The third-order valence-corrected chi connectivity index (χ3v) is 4.63. The predicted octanol–water partition coefficient (Wildman–Crippen LogP) is -0.781. The van der Waals surface area contributed by atoms with Crippen molar-refractivity contribution in [3.63, 3.8) is 0 Å². The Balaban J connectivity index is 2.26. The van der Waals surface area contributed by atoms with Crippen molar-refractivity contribution >= 4 is 28.6 Å². The lowest BCUT2D eigenvalue weighted by atomic mass is 10.1. The van der Waals surface area contributed by atoms with Crippen LogP contribution >= 0.6 is 11.8 Å². The summed E-state index contributed by atoms with van der Waals surface area (Å²) in [6, 6.07) is 2.07. The van der Waals surface area contributed by atoms with E-state index < -0.39 is 31.1 Å². The molecule has 0 saturated carbocycles. The molecule has 23 heavy (non-hydrogen) atoms. The van der Waals surface area contributed by atoms with Crippen molar-refractivity contribution in [2.45, 2.75) is 29.6 Å². The number of hydrogen-bond donors (Lipinski definition) is 4. The second-order valence-corrected chi connectivity index (χ2v) is 5.85. The number of anilines is 1. The smallest absolute Gasteiger partial charge is 0.165 e. The quantitative estimate of drug-likeness (QED) is 0.529. The fraction of sp³-hybridized carbons (Fsp3) is 0.462. The number of thioether (sulfide) groups is 1. The fourth-order valence-electron chi connectivity index (χ4n) is 2.77. The van der Waals surface area contributed by atoms with E-state index in [1.807, 2.05) is 0 Å². The standard InChI is InChI=1S/C13H15N5O4S/c1-23-13-5(2-14)7-10(15)16-4-17-11(7)18(13)12-9(21)8(20)6(3-19)22-12/h4,6,8-9,12,19-21H,3H2,1H3,(H2,15,16,17)/t6-,8-,9-,12-/m1/s1. The molecule has 0 aliphatic carbocycles. The second kappa shape index (κ2) is 5.95. The SMILES string of the molecule is CSc1c(C#N)c2c(N)ncnc2n1[C@@H]1O[C@H](CO)[C@@H](O)[C@H]1O. The van der Waals surface area contributed by atoms with E-state index in [4.69, 9.17) is 10.5 Å². The van der Waals surface area contributed by atoms with Gasteiger partial charge in [0.1, 0.15) is 42.2 Å². The molecule has 4 atom stereocenters. The number of fused-ring (bicyclic) bond motifs is 1. The number of nitriles is 1. The summed E-state index contributed by atoms with van der Waals surface area (Å²) in [5, 5.41) is 39.8. The second-order valence-electron chi connectivity index (χ2n) is 5.05. The Morgan fingerprint density at radius 3 is 2.74 bits per heavy atom. The molecular formula is C13H15N5O4S. The maximum atomic E-state index is 10.3. The number of nitrogens with two attached hydrogens (primary N) is 1. The number of ether oxygens (including phenoxy) is 1. The van der Waals surface area contributed by atoms with Crippen LogP contribution in [0.25, 0.3) is 11.0 Å². The average molecular weight is 337 g/mol. The maximum Gasteiger partial charge on any atom is 0.165 e. The van der Waals surface area contributed by atoms with E-state index in [2.05, 4.69) is 16.0 Å². The number of aromatic nitrogens is 3. The first-order valence-electron chi connectivity index (χ1n) is 6.76. The number of aliphatic hydroxyl groups is 3. The Hall–Kier alpha value is -1.90. The van der Waals surface area contributed by atoms with Gasteiger partial charge in [0, 0.05) is 0 Å². The third kappa shape index (κ3) is 2.25. The summed E-state index contributed by atoms with van der Waals surface area (Å²) in [7, 11) is 0. The summed E-state index contributed by atoms with van der Waals surface area (Å²) in [6.07, 6.45) is -1.44. The molecule has 2 aromatic rings. The van der Waals surface area contributed by atoms with Crippen LogP contribution in [-0.2, 0) is 4.74 Å². The maximum absolute atomic E-state index is 10.3. The van der Waals surface area contributed by atoms with Gasteiger partial charge in [-0.3, -0.25) is 4.57 Å². The van der Waals surface area contributed by atoms with Crippen molar-refractivity contribution in [3.05, 3.63) is 11.9 Å². The normalized spacial score (nSPS) is 27.4. The zero-order valence-corrected chi connectivity index (χ0v) is 12.9. The van der Waals surface area contributed by atoms with Gasteiger partial charge in [0.15, 0.2) is 6.23 Å². The molecule has 2 aromatic heterocycles. The molecule has 9 nitrogen and oxygen atoms in total. The number of nitrogen functional groups attached to an aromatic ring is 1. The molecule has 0 radical (unpaired) electrons. The lowest BCUT2D eigenvalue weighted by Crippen LogP contribution is -2.33. The van der Waals surface area contributed by atoms with E-state index >= 15 is 0 Å². The molecular weight excluding hydrogens is 322 g/mol. The zero-order chi connectivity index (χ0) is 16.7. The van der Waals surface area contributed by atoms with Gasteiger partial charge >= 0.3 is 0 Å². The highest BCUT2D eigenvalue weighted by molar-refractivity contribution is 7.98. The van der Waals surface area contributed by atoms with Crippen molar-refractivity contribution in [3.8, 4) is 6.07 Å². The first-order valence-corrected chi connectivity index (χ1v) is 7.98. The van der Waals surface area contributed by atoms with E-state index in [0.717, 1.165) is 0 Å². The van der Waals surface area contributed by atoms with Gasteiger partial charge in [-0.05, 0) is 6.26 Å². The molecule has 5 N–H and O–H groups in total. The molecule has 1 fully saturated rings. The number of nitrogens with zero attached hydrogens (tertiary/aromatic N) is 4. The fourth-order valence-corrected chi connectivity index (χ4v) is 3.51. The summed E-state index contributed by atoms with van der Waals surface area (Å²) in [4.78, 5) is 8.04. The lowest BCUT2D eigenvalue weighted by Gasteiger charge is -2.19. The molecule has 0 spiro atoms. The first-order chi connectivity index (χ1) is 11.0. The van der Waals surface area contributed by atoms with Crippen molar-refractivity contribution in [2.75, 3.05) is 18.6 Å². The number of rotatable bonds is 3. The van der Waals surface area contributed by atoms with Gasteiger partial charge in [0.25, 0.3) is 0 Å². The van der Waals surface area contributed by atoms with Crippen LogP contribution in [0.3, 0.4) is 0 Å². The molecule has 0 bridgehead atoms. The number of hydrogen-bond acceptors (Lipinski definition) is 9. The summed E-state index contributed by atoms with van der Waals surface area (Å²) >= 11 is 1.26. The van der Waals surface area contributed by atoms with E-state index in [-0.39, 0.29) is 11.4 Å². The van der Waals surface area contributed by atoms with E-state index in [1.165, 1.54) is 22.7 Å². The van der Waals surface area contributed by atoms with Gasteiger partial charge < -0.3 is 25.8 Å². The van der Waals surface area contributed by atoms with Crippen molar-refractivity contribution in [1.82, 2.24) is 14.5 Å². The van der Waals surface area contributed by atoms with Crippen molar-refractivity contribution in [2.24, 2.45) is 0 Å². The van der Waals surface area contributed by atoms with Gasteiger partial charge in [0.2, 0.25) is 0 Å². The number of aliphatic hydroxyl groups excluding tert-OH is 3. The lowest BCUT2D eigenvalue weighted by molar-refractivity contribution is -0.0543. The van der Waals surface area contributed by atoms with Gasteiger partial charge in [-0.2, -0.15) is 5.26 Å². The Bertz CT molecular complexity index is 789. The van der Waals surface area contributed by atoms with E-state index in [0.29, 0.717) is 16.1 Å². The minimum absolute atomic E-state index is 0.146. The minimum Gasteiger partial charge on any atom is -0.394 e. The summed E-state index contributed by atoms with van der Waals surface area (Å²) in [5.41, 5.74) is 6.47. The van der Waals surface area contributed by atoms with Crippen LogP contribution in [0.1, 0.15) is 11.8 Å². The first kappa shape index (κ1) is 16.0. The van der Waals surface area contributed by atoms with Gasteiger partial charge in [-0.15, -0.1) is 11.8 Å². The summed E-state index contributed by atoms with van der Waals surface area (Å²) in [6.45, 7) is -0.440. The Kier molecular flexibility index (Phi) is 4.13. The largest absolute Gasteiger partial charge is 0.394 e. The highest BCUT2D eigenvalue weighted by atomic mass is 32.2. The van der Waals surface area contributed by atoms with Crippen LogP contribution in [0.4, 0.5) is 5.82 Å². The molecule has 1 aliphatic heterocycles. The van der Waals surface area contributed by atoms with E-state index in [9.17, 15) is 20.6 Å². The van der Waals surface area contributed by atoms with Gasteiger partial charge in [-0.25, -0.2) is 9.97 Å². The summed E-state index contributed by atoms with van der Waals surface area (Å²) in [5.74, 6) is 0.146. The predicted molar refractivity (Wildman–Crippen MR) is 81.4 cm³/mol. The third-order valence-electron chi connectivity index (χ3n) is 3.84. The Labute approximate surface area is 135 Å². The topological polar surface area (TPSA) is 150 Å². The van der Waals surface area contributed by atoms with Crippen LogP contribution < -0.4 is 5.73 Å². The highest BCUT2D eigenvalue weighted by Crippen LogP contribution is 2.40. The average Bonchev–Trinajstić information content (AvgIpc) is 3.03. The molecule has 0 aromatic carbocycles. The zero-order valence-electron chi connectivity index (χ0n) is 12.1. The van der Waals surface area contributed by atoms with Crippen LogP contribution in [0, 0.1) is 11.3 Å². The Morgan fingerprint density at radius 2 is 2.17 bits per heavy atom. The molecule has 1 saturated heterocycles. The van der Waals surface area contributed by atoms with Crippen LogP contribution in [-0.4, -0.2) is 61.0 Å². The highest BCUT2D eigenvalue weighted by Gasteiger charge is 2.45. The minimum atomic E-state index is -1.28. The molecule has 0 amide bonds. The molecule has 122 valence electrons. The molecule has 1 aliphatic rings. The molecule has 10 heteroatoms. The van der Waals surface area contributed by atoms with Crippen LogP contribution in [0.15, 0.2) is 11.4 Å². The molecule has 3 heterocycles. The monoisotopic (exact) mass is 337 g/mol. The summed E-state index contributed by atoms with van der Waals surface area (Å²) < 4.78 is 7.07. The van der Waals surface area contributed by atoms with E-state index in [1.54, 1.807) is 6.26 Å². The molecule has 0 unspecified atom stereocenters. The Morgan fingerprint density at radius 1 is 1.43 bits per heavy atom. The van der Waals surface area contributed by atoms with Crippen LogP contribution in [0.2, 0.25) is 0 Å². The van der Waals surface area contributed by atoms with Crippen molar-refractivity contribution < 1.29 is 20.1 Å². The van der Waals surface area contributed by atoms with Crippen molar-refractivity contribution in [1.29, 1.82) is 5.26 Å². The van der Waals surface area contributed by atoms with Gasteiger partial charge in [-0.1, -0.05) is 0 Å². The van der Waals surface area contributed by atoms with Gasteiger partial charge in [0.05, 0.1) is 22.6 Å². The van der Waals surface area contributed by atoms with Crippen LogP contribution in [0.5, 0.6) is 0 Å². The molecule has 3 rings (SSSR count).